The number of nitrogens with one attached hydrogen (secondary N) is 1. The van der Waals surface area contributed by atoms with Crippen molar-refractivity contribution >= 4 is 24.8 Å². The molecule has 4 nitrogen and oxygen atoms in total. The Kier molecular flexibility index (Phi) is 6.92. The zero-order valence-corrected chi connectivity index (χ0v) is 10.1. The molecule has 0 spiro atoms. The Hall–Kier alpha value is -0.290. The molecule has 2 N–H and O–H groups in total. The lowest BCUT2D eigenvalue weighted by Crippen LogP contribution is -2.13. The number of halogens is 2. The lowest BCUT2D eigenvalue weighted by Gasteiger charge is -2.07. The van der Waals surface area contributed by atoms with Gasteiger partial charge in [-0.15, -0.1) is 24.8 Å². The molecule has 1 saturated heterocycles. The summed E-state index contributed by atoms with van der Waals surface area (Å²) >= 11 is 0. The molecule has 1 unspecified atom stereocenters. The fourth-order valence-electron chi connectivity index (χ4n) is 1.70. The van der Waals surface area contributed by atoms with Crippen molar-refractivity contribution in [3.05, 3.63) is 18.0 Å². The van der Waals surface area contributed by atoms with Crippen molar-refractivity contribution in [2.24, 2.45) is 0 Å². The third-order valence-corrected chi connectivity index (χ3v) is 2.46. The molecule has 1 aromatic heterocycles. The summed E-state index contributed by atoms with van der Waals surface area (Å²) in [6, 6.07) is 0.507. The number of hydrogen-bond donors (Lipinski definition) is 2. The van der Waals surface area contributed by atoms with Crippen LogP contribution in [0.3, 0.4) is 0 Å². The van der Waals surface area contributed by atoms with Crippen molar-refractivity contribution in [1.82, 2.24) is 15.1 Å². The van der Waals surface area contributed by atoms with Gasteiger partial charge in [0.25, 0.3) is 0 Å². The quantitative estimate of drug-likeness (QED) is 0.838. The summed E-state index contributed by atoms with van der Waals surface area (Å²) in [5, 5.41) is 16.3. The highest BCUT2D eigenvalue weighted by molar-refractivity contribution is 5.85. The van der Waals surface area contributed by atoms with Gasteiger partial charge in [0.05, 0.1) is 12.2 Å². The van der Waals surface area contributed by atoms with Crippen LogP contribution in [0.25, 0.3) is 0 Å². The van der Waals surface area contributed by atoms with Crippen LogP contribution in [0.5, 0.6) is 0 Å². The smallest absolute Gasteiger partial charge is 0.0655 e. The SMILES string of the molecule is Cl.Cl.OCCc1cnn(C2CCNC2)c1. The Morgan fingerprint density at radius 2 is 2.33 bits per heavy atom. The molecule has 0 saturated carbocycles. The van der Waals surface area contributed by atoms with Gasteiger partial charge in [0.15, 0.2) is 0 Å². The van der Waals surface area contributed by atoms with Crippen molar-refractivity contribution in [2.75, 3.05) is 19.7 Å². The minimum absolute atomic E-state index is 0. The van der Waals surface area contributed by atoms with E-state index < -0.39 is 0 Å². The van der Waals surface area contributed by atoms with Crippen molar-refractivity contribution in [2.45, 2.75) is 18.9 Å². The molecule has 1 atom stereocenters. The number of aliphatic hydroxyl groups is 1. The van der Waals surface area contributed by atoms with Crippen LogP contribution in [0.2, 0.25) is 0 Å². The van der Waals surface area contributed by atoms with E-state index in [4.69, 9.17) is 5.11 Å². The third-order valence-electron chi connectivity index (χ3n) is 2.46. The molecule has 88 valence electrons. The Morgan fingerprint density at radius 3 is 2.93 bits per heavy atom. The molecule has 1 fully saturated rings. The van der Waals surface area contributed by atoms with E-state index in [0.717, 1.165) is 25.1 Å². The van der Waals surface area contributed by atoms with Crippen molar-refractivity contribution in [3.8, 4) is 0 Å². The van der Waals surface area contributed by atoms with Gasteiger partial charge in [-0.3, -0.25) is 4.68 Å². The Bertz CT molecular complexity index is 274. The second-order valence-corrected chi connectivity index (χ2v) is 3.45. The zero-order valence-electron chi connectivity index (χ0n) is 8.43. The van der Waals surface area contributed by atoms with Gasteiger partial charge >= 0.3 is 0 Å². The molecule has 1 aliphatic rings. The standard InChI is InChI=1S/C9H15N3O.2ClH/c13-4-2-8-5-11-12(7-8)9-1-3-10-6-9;;/h5,7,9-10,13H,1-4,6H2;2*1H. The van der Waals surface area contributed by atoms with Crippen LogP contribution >= 0.6 is 24.8 Å². The topological polar surface area (TPSA) is 50.1 Å². The highest BCUT2D eigenvalue weighted by Crippen LogP contribution is 2.14. The largest absolute Gasteiger partial charge is 0.396 e. The molecule has 0 aliphatic carbocycles. The summed E-state index contributed by atoms with van der Waals surface area (Å²) in [7, 11) is 0. The molecule has 0 aromatic carbocycles. The van der Waals surface area contributed by atoms with E-state index in [1.165, 1.54) is 0 Å². The first kappa shape index (κ1) is 14.7. The maximum Gasteiger partial charge on any atom is 0.0655 e. The summed E-state index contributed by atoms with van der Waals surface area (Å²) in [5.74, 6) is 0. The highest BCUT2D eigenvalue weighted by atomic mass is 35.5. The normalized spacial score (nSPS) is 19.4. The Balaban J connectivity index is 0.000000980. The van der Waals surface area contributed by atoms with Gasteiger partial charge in [-0.25, -0.2) is 0 Å². The minimum Gasteiger partial charge on any atom is -0.396 e. The van der Waals surface area contributed by atoms with Crippen LogP contribution < -0.4 is 5.32 Å². The predicted molar refractivity (Wildman–Crippen MR) is 64.0 cm³/mol. The highest BCUT2D eigenvalue weighted by Gasteiger charge is 2.16. The van der Waals surface area contributed by atoms with Crippen LogP contribution in [-0.4, -0.2) is 34.6 Å². The van der Waals surface area contributed by atoms with Crippen molar-refractivity contribution < 1.29 is 5.11 Å². The summed E-state index contributed by atoms with van der Waals surface area (Å²) in [6.07, 6.45) is 5.74. The molecule has 0 bridgehead atoms. The van der Waals surface area contributed by atoms with Crippen LogP contribution in [0, 0.1) is 0 Å². The first-order valence-electron chi connectivity index (χ1n) is 4.75. The van der Waals surface area contributed by atoms with Crippen molar-refractivity contribution in [1.29, 1.82) is 0 Å². The molecule has 6 heteroatoms. The maximum absolute atomic E-state index is 8.74. The van der Waals surface area contributed by atoms with Crippen LogP contribution in [0.15, 0.2) is 12.4 Å². The number of nitrogens with zero attached hydrogens (tertiary/aromatic N) is 2. The Labute approximate surface area is 102 Å². The molecule has 0 radical (unpaired) electrons. The van der Waals surface area contributed by atoms with E-state index in [2.05, 4.69) is 10.4 Å². The Morgan fingerprint density at radius 1 is 1.53 bits per heavy atom. The maximum atomic E-state index is 8.74. The fourth-order valence-corrected chi connectivity index (χ4v) is 1.70. The molecule has 0 amide bonds. The molecule has 1 aliphatic heterocycles. The van der Waals surface area contributed by atoms with E-state index >= 15 is 0 Å². The van der Waals surface area contributed by atoms with Gasteiger partial charge in [-0.05, 0) is 24.9 Å². The van der Waals surface area contributed by atoms with Gasteiger partial charge < -0.3 is 10.4 Å². The first-order chi connectivity index (χ1) is 6.40. The minimum atomic E-state index is 0. The van der Waals surface area contributed by atoms with Crippen molar-refractivity contribution in [3.63, 3.8) is 0 Å². The predicted octanol–water partition coefficient (Wildman–Crippen LogP) is 0.796. The summed E-state index contributed by atoms with van der Waals surface area (Å²) < 4.78 is 2.00. The zero-order chi connectivity index (χ0) is 9.10. The molecule has 2 heterocycles. The van der Waals surface area contributed by atoms with E-state index in [9.17, 15) is 0 Å². The molecular formula is C9H17Cl2N3O. The van der Waals surface area contributed by atoms with Gasteiger partial charge in [-0.1, -0.05) is 0 Å². The molecular weight excluding hydrogens is 237 g/mol. The third kappa shape index (κ3) is 3.65. The van der Waals surface area contributed by atoms with Crippen LogP contribution in [0.4, 0.5) is 0 Å². The summed E-state index contributed by atoms with van der Waals surface area (Å²) in [4.78, 5) is 0. The summed E-state index contributed by atoms with van der Waals surface area (Å²) in [6.45, 7) is 2.30. The van der Waals surface area contributed by atoms with E-state index in [0.29, 0.717) is 12.5 Å². The lowest BCUT2D eigenvalue weighted by atomic mass is 10.2. The van der Waals surface area contributed by atoms with Crippen LogP contribution in [-0.2, 0) is 6.42 Å². The second kappa shape index (κ2) is 7.06. The average Bonchev–Trinajstić information content (AvgIpc) is 2.70. The van der Waals surface area contributed by atoms with Crippen LogP contribution in [0.1, 0.15) is 18.0 Å². The second-order valence-electron chi connectivity index (χ2n) is 3.45. The molecule has 15 heavy (non-hydrogen) atoms. The fraction of sp³-hybridized carbons (Fsp3) is 0.667. The number of rotatable bonds is 3. The van der Waals surface area contributed by atoms with Gasteiger partial charge in [0.1, 0.15) is 0 Å². The molecule has 1 aromatic rings. The van der Waals surface area contributed by atoms with Gasteiger partial charge in [-0.2, -0.15) is 5.10 Å². The van der Waals surface area contributed by atoms with Gasteiger partial charge in [0.2, 0.25) is 0 Å². The average molecular weight is 254 g/mol. The monoisotopic (exact) mass is 253 g/mol. The molecule has 2 rings (SSSR count). The lowest BCUT2D eigenvalue weighted by molar-refractivity contribution is 0.299. The number of hydrogen-bond acceptors (Lipinski definition) is 3. The number of aliphatic hydroxyl groups excluding tert-OH is 1. The van der Waals surface area contributed by atoms with E-state index in [1.807, 2.05) is 17.1 Å². The summed E-state index contributed by atoms with van der Waals surface area (Å²) in [5.41, 5.74) is 1.12. The van der Waals surface area contributed by atoms with E-state index in [1.54, 1.807) is 0 Å². The number of aromatic nitrogens is 2. The van der Waals surface area contributed by atoms with Gasteiger partial charge in [0, 0.05) is 19.3 Å². The van der Waals surface area contributed by atoms with E-state index in [-0.39, 0.29) is 31.4 Å². The first-order valence-corrected chi connectivity index (χ1v) is 4.75.